The van der Waals surface area contributed by atoms with Crippen LogP contribution in [0.1, 0.15) is 30.1 Å². The summed E-state index contributed by atoms with van der Waals surface area (Å²) in [6.45, 7) is 4.90. The summed E-state index contributed by atoms with van der Waals surface area (Å²) in [6.07, 6.45) is 0. The van der Waals surface area contributed by atoms with E-state index in [0.717, 1.165) is 0 Å². The Bertz CT molecular complexity index is 1310. The number of pyridine rings is 1. The van der Waals surface area contributed by atoms with E-state index in [2.05, 4.69) is 20.1 Å². The molecule has 33 heavy (non-hydrogen) atoms. The zero-order valence-electron chi connectivity index (χ0n) is 18.0. The van der Waals surface area contributed by atoms with Crippen LogP contribution in [0.2, 0.25) is 5.15 Å². The molecule has 9 nitrogen and oxygen atoms in total. The van der Waals surface area contributed by atoms with Gasteiger partial charge in [-0.25, -0.2) is 9.37 Å². The zero-order valence-corrected chi connectivity index (χ0v) is 18.7. The molecular formula is C22H20ClFN6O3. The highest BCUT2D eigenvalue weighted by Crippen LogP contribution is 2.26. The molecule has 3 aromatic heterocycles. The van der Waals surface area contributed by atoms with Crippen LogP contribution < -0.4 is 4.90 Å². The van der Waals surface area contributed by atoms with Gasteiger partial charge in [-0.1, -0.05) is 28.9 Å². The van der Waals surface area contributed by atoms with Gasteiger partial charge in [-0.05, 0) is 38.1 Å². The van der Waals surface area contributed by atoms with E-state index >= 15 is 0 Å². The monoisotopic (exact) mass is 470 g/mol. The van der Waals surface area contributed by atoms with Crippen molar-refractivity contribution in [2.45, 2.75) is 19.5 Å². The summed E-state index contributed by atoms with van der Waals surface area (Å²) in [5.74, 6) is 0.108. The average Bonchev–Trinajstić information content (AvgIpc) is 3.46. The highest BCUT2D eigenvalue weighted by molar-refractivity contribution is 6.29. The topological polar surface area (TPSA) is 101 Å². The van der Waals surface area contributed by atoms with Crippen molar-refractivity contribution < 1.29 is 18.1 Å². The summed E-state index contributed by atoms with van der Waals surface area (Å²) in [5, 5.41) is 4.18. The van der Waals surface area contributed by atoms with E-state index in [1.165, 1.54) is 13.8 Å². The number of amides is 1. The molecule has 5 rings (SSSR count). The number of halogens is 2. The molecule has 170 valence electrons. The number of carbonyl (C=O) groups excluding carboxylic acids is 1. The smallest absolute Gasteiger partial charge is 0.300 e. The lowest BCUT2D eigenvalue weighted by Gasteiger charge is -2.33. The van der Waals surface area contributed by atoms with E-state index in [9.17, 15) is 9.18 Å². The Morgan fingerprint density at radius 1 is 1.03 bits per heavy atom. The van der Waals surface area contributed by atoms with E-state index in [0.29, 0.717) is 59.7 Å². The summed E-state index contributed by atoms with van der Waals surface area (Å²) in [6, 6.07) is 10.7. The Hall–Kier alpha value is -3.53. The molecule has 1 saturated heterocycles. The highest BCUT2D eigenvalue weighted by atomic mass is 35.5. The number of carbonyl (C=O) groups is 1. The highest BCUT2D eigenvalue weighted by Gasteiger charge is 2.28. The Balaban J connectivity index is 1.23. The van der Waals surface area contributed by atoms with Gasteiger partial charge in [0.25, 0.3) is 17.8 Å². The summed E-state index contributed by atoms with van der Waals surface area (Å²) < 4.78 is 24.7. The van der Waals surface area contributed by atoms with Crippen LogP contribution in [0, 0.1) is 0 Å². The van der Waals surface area contributed by atoms with Gasteiger partial charge >= 0.3 is 0 Å². The summed E-state index contributed by atoms with van der Waals surface area (Å²) in [5.41, 5.74) is 0.490. The van der Waals surface area contributed by atoms with Crippen molar-refractivity contribution in [2.24, 2.45) is 0 Å². The number of anilines is 1. The van der Waals surface area contributed by atoms with Crippen molar-refractivity contribution in [1.82, 2.24) is 25.0 Å². The lowest BCUT2D eigenvalue weighted by Crippen LogP contribution is -2.48. The van der Waals surface area contributed by atoms with Crippen LogP contribution in [0.4, 0.5) is 10.4 Å². The lowest BCUT2D eigenvalue weighted by atomic mass is 10.1. The number of fused-ring (bicyclic) bond motifs is 1. The number of hydrogen-bond donors (Lipinski definition) is 0. The minimum atomic E-state index is -1.72. The molecule has 0 saturated carbocycles. The molecule has 0 unspecified atom stereocenters. The van der Waals surface area contributed by atoms with Gasteiger partial charge in [0.2, 0.25) is 11.5 Å². The number of hydrogen-bond acceptors (Lipinski definition) is 8. The lowest BCUT2D eigenvalue weighted by molar-refractivity contribution is 0.0745. The first-order chi connectivity index (χ1) is 15.8. The van der Waals surface area contributed by atoms with Gasteiger partial charge in [0, 0.05) is 37.3 Å². The van der Waals surface area contributed by atoms with Crippen molar-refractivity contribution in [1.29, 1.82) is 0 Å². The minimum Gasteiger partial charge on any atom is -0.422 e. The van der Waals surface area contributed by atoms with E-state index in [-0.39, 0.29) is 17.6 Å². The van der Waals surface area contributed by atoms with Crippen LogP contribution in [-0.2, 0) is 5.67 Å². The fourth-order valence-electron chi connectivity index (χ4n) is 3.55. The first-order valence-corrected chi connectivity index (χ1v) is 10.8. The number of benzene rings is 1. The van der Waals surface area contributed by atoms with Crippen molar-refractivity contribution in [3.63, 3.8) is 0 Å². The maximum atomic E-state index is 14.0. The molecule has 1 amide bonds. The van der Waals surface area contributed by atoms with Crippen molar-refractivity contribution >= 4 is 34.8 Å². The summed E-state index contributed by atoms with van der Waals surface area (Å²) in [7, 11) is 0. The van der Waals surface area contributed by atoms with Crippen LogP contribution in [-0.4, -0.2) is 57.1 Å². The van der Waals surface area contributed by atoms with Crippen molar-refractivity contribution in [3.05, 3.63) is 53.0 Å². The number of rotatable bonds is 4. The molecular weight excluding hydrogens is 451 g/mol. The largest absolute Gasteiger partial charge is 0.422 e. The molecule has 1 aliphatic heterocycles. The third kappa shape index (κ3) is 4.25. The first-order valence-electron chi connectivity index (χ1n) is 10.4. The summed E-state index contributed by atoms with van der Waals surface area (Å²) >= 11 is 5.91. The molecule has 1 fully saturated rings. The molecule has 1 aliphatic rings. The molecule has 11 heteroatoms. The van der Waals surface area contributed by atoms with Crippen molar-refractivity contribution in [2.75, 3.05) is 31.1 Å². The standard InChI is InChI=1S/C22H20ClFN6O3/c1-22(2,24)20-26-17(28-33-20)13-3-5-14(6-4-13)19(31)29-9-11-30(12-10-29)21-27-18-15(32-21)7-8-16(23)25-18/h3-8H,9-12H2,1-2H3. The second-order valence-electron chi connectivity index (χ2n) is 8.20. The van der Waals surface area contributed by atoms with Crippen molar-refractivity contribution in [3.8, 4) is 11.4 Å². The van der Waals surface area contributed by atoms with Gasteiger partial charge in [0.1, 0.15) is 5.15 Å². The first kappa shape index (κ1) is 21.3. The minimum absolute atomic E-state index is 0.0779. The number of piperazine rings is 1. The van der Waals surface area contributed by atoms with Gasteiger partial charge in [-0.3, -0.25) is 4.79 Å². The number of aromatic nitrogens is 4. The van der Waals surface area contributed by atoms with Gasteiger partial charge in [0.05, 0.1) is 0 Å². The number of oxazole rings is 1. The van der Waals surface area contributed by atoms with Crippen LogP contribution in [0.5, 0.6) is 0 Å². The van der Waals surface area contributed by atoms with Gasteiger partial charge in [-0.15, -0.1) is 0 Å². The Kier molecular flexibility index (Phi) is 5.24. The predicted molar refractivity (Wildman–Crippen MR) is 119 cm³/mol. The van der Waals surface area contributed by atoms with Crippen LogP contribution in [0.3, 0.4) is 0 Å². The van der Waals surface area contributed by atoms with Crippen LogP contribution >= 0.6 is 11.6 Å². The SMILES string of the molecule is CC(C)(F)c1nc(-c2ccc(C(=O)N3CCN(c4nc5nc(Cl)ccc5o4)CC3)cc2)no1. The van der Waals surface area contributed by atoms with Gasteiger partial charge in [-0.2, -0.15) is 9.97 Å². The number of nitrogens with zero attached hydrogens (tertiary/aromatic N) is 6. The third-order valence-corrected chi connectivity index (χ3v) is 5.58. The summed E-state index contributed by atoms with van der Waals surface area (Å²) in [4.78, 5) is 29.3. The second kappa shape index (κ2) is 8.11. The van der Waals surface area contributed by atoms with E-state index < -0.39 is 5.67 Å². The van der Waals surface area contributed by atoms with Gasteiger partial charge in [0.15, 0.2) is 11.3 Å². The average molecular weight is 471 g/mol. The molecule has 0 spiro atoms. The quantitative estimate of drug-likeness (QED) is 0.411. The normalized spacial score (nSPS) is 14.8. The molecule has 1 aromatic carbocycles. The predicted octanol–water partition coefficient (Wildman–Crippen LogP) is 4.09. The molecule has 0 atom stereocenters. The zero-order chi connectivity index (χ0) is 23.2. The van der Waals surface area contributed by atoms with Crippen LogP contribution in [0.15, 0.2) is 45.3 Å². The third-order valence-electron chi connectivity index (χ3n) is 5.37. The van der Waals surface area contributed by atoms with Crippen LogP contribution in [0.25, 0.3) is 22.6 Å². The Morgan fingerprint density at radius 3 is 2.42 bits per heavy atom. The fourth-order valence-corrected chi connectivity index (χ4v) is 3.69. The molecule has 4 aromatic rings. The second-order valence-corrected chi connectivity index (χ2v) is 8.59. The van der Waals surface area contributed by atoms with E-state index in [4.69, 9.17) is 20.5 Å². The number of alkyl halides is 1. The molecule has 0 radical (unpaired) electrons. The molecule has 0 bridgehead atoms. The maximum Gasteiger partial charge on any atom is 0.300 e. The van der Waals surface area contributed by atoms with E-state index in [1.54, 1.807) is 41.3 Å². The van der Waals surface area contributed by atoms with E-state index in [1.807, 2.05) is 4.90 Å². The Labute approximate surface area is 193 Å². The molecule has 0 N–H and O–H groups in total. The fraction of sp³-hybridized carbons (Fsp3) is 0.318. The van der Waals surface area contributed by atoms with Gasteiger partial charge < -0.3 is 18.7 Å². The molecule has 4 heterocycles. The molecule has 0 aliphatic carbocycles. The maximum absolute atomic E-state index is 14.0. The Morgan fingerprint density at radius 2 is 1.76 bits per heavy atom.